The molecule has 0 aromatic heterocycles. The van der Waals surface area contributed by atoms with Crippen LogP contribution in [0.25, 0.3) is 11.1 Å². The van der Waals surface area contributed by atoms with Crippen molar-refractivity contribution < 1.29 is 4.74 Å². The molecule has 0 heterocycles. The first-order valence-electron chi connectivity index (χ1n) is 11.3. The SMILES string of the molecule is C=CCCCOCc1ccc(-c2ccc(C3CCC(C/C=C/C)CC3)cc2)cc1. The van der Waals surface area contributed by atoms with E-state index in [2.05, 4.69) is 74.2 Å². The molecule has 0 spiro atoms. The summed E-state index contributed by atoms with van der Waals surface area (Å²) in [4.78, 5) is 0. The molecule has 0 saturated heterocycles. The second kappa shape index (κ2) is 11.8. The number of hydrogen-bond acceptors (Lipinski definition) is 1. The Morgan fingerprint density at radius 1 is 0.931 bits per heavy atom. The summed E-state index contributed by atoms with van der Waals surface area (Å²) in [6.07, 6.45) is 15.2. The number of rotatable bonds is 10. The molecule has 1 nitrogen and oxygen atoms in total. The Morgan fingerprint density at radius 2 is 1.59 bits per heavy atom. The topological polar surface area (TPSA) is 9.23 Å². The van der Waals surface area contributed by atoms with Gasteiger partial charge in [0, 0.05) is 6.61 Å². The van der Waals surface area contributed by atoms with E-state index in [0.29, 0.717) is 6.61 Å². The molecular formula is C28H36O. The highest BCUT2D eigenvalue weighted by molar-refractivity contribution is 5.64. The van der Waals surface area contributed by atoms with Gasteiger partial charge in [0.25, 0.3) is 0 Å². The molecule has 1 fully saturated rings. The maximum atomic E-state index is 5.73. The smallest absolute Gasteiger partial charge is 0.0716 e. The lowest BCUT2D eigenvalue weighted by molar-refractivity contribution is 0.119. The van der Waals surface area contributed by atoms with Crippen molar-refractivity contribution in [2.75, 3.05) is 6.61 Å². The molecular weight excluding hydrogens is 352 g/mol. The molecule has 0 radical (unpaired) electrons. The molecule has 154 valence electrons. The lowest BCUT2D eigenvalue weighted by Crippen LogP contribution is -2.12. The van der Waals surface area contributed by atoms with Crippen LogP contribution < -0.4 is 0 Å². The van der Waals surface area contributed by atoms with E-state index in [4.69, 9.17) is 4.74 Å². The van der Waals surface area contributed by atoms with Crippen LogP contribution in [-0.4, -0.2) is 6.61 Å². The van der Waals surface area contributed by atoms with E-state index in [1.54, 1.807) is 0 Å². The Morgan fingerprint density at radius 3 is 2.21 bits per heavy atom. The summed E-state index contributed by atoms with van der Waals surface area (Å²) in [5, 5.41) is 0. The van der Waals surface area contributed by atoms with E-state index in [1.165, 1.54) is 54.4 Å². The second-order valence-corrected chi connectivity index (χ2v) is 8.32. The molecule has 1 heteroatoms. The van der Waals surface area contributed by atoms with E-state index in [-0.39, 0.29) is 0 Å². The fraction of sp³-hybridized carbons (Fsp3) is 0.429. The van der Waals surface area contributed by atoms with Crippen LogP contribution in [-0.2, 0) is 11.3 Å². The predicted octanol–water partition coefficient (Wildman–Crippen LogP) is 8.08. The van der Waals surface area contributed by atoms with Crippen molar-refractivity contribution in [1.82, 2.24) is 0 Å². The molecule has 0 aliphatic heterocycles. The number of hydrogen-bond donors (Lipinski definition) is 0. The Hall–Kier alpha value is -2.12. The van der Waals surface area contributed by atoms with Crippen LogP contribution in [0.1, 0.15) is 68.9 Å². The first kappa shape index (κ1) is 21.6. The summed E-state index contributed by atoms with van der Waals surface area (Å²) in [6.45, 7) is 7.35. The van der Waals surface area contributed by atoms with Crippen LogP contribution in [0.5, 0.6) is 0 Å². The van der Waals surface area contributed by atoms with Gasteiger partial charge in [0.15, 0.2) is 0 Å². The Kier molecular flexibility index (Phi) is 8.77. The van der Waals surface area contributed by atoms with Crippen molar-refractivity contribution in [2.45, 2.75) is 64.4 Å². The van der Waals surface area contributed by atoms with Gasteiger partial charge in [-0.25, -0.2) is 0 Å². The highest BCUT2D eigenvalue weighted by Gasteiger charge is 2.21. The van der Waals surface area contributed by atoms with Crippen LogP contribution in [0.4, 0.5) is 0 Å². The lowest BCUT2D eigenvalue weighted by atomic mass is 9.77. The van der Waals surface area contributed by atoms with Gasteiger partial charge in [-0.1, -0.05) is 66.8 Å². The third kappa shape index (κ3) is 6.72. The summed E-state index contributed by atoms with van der Waals surface area (Å²) < 4.78 is 5.73. The van der Waals surface area contributed by atoms with Crippen molar-refractivity contribution in [1.29, 1.82) is 0 Å². The number of benzene rings is 2. The van der Waals surface area contributed by atoms with Gasteiger partial charge in [-0.2, -0.15) is 0 Å². The predicted molar refractivity (Wildman–Crippen MR) is 125 cm³/mol. The van der Waals surface area contributed by atoms with Gasteiger partial charge in [0.05, 0.1) is 6.61 Å². The molecule has 1 saturated carbocycles. The second-order valence-electron chi connectivity index (χ2n) is 8.32. The molecule has 0 amide bonds. The minimum absolute atomic E-state index is 0.688. The highest BCUT2D eigenvalue weighted by Crippen LogP contribution is 2.37. The summed E-state index contributed by atoms with van der Waals surface area (Å²) in [6, 6.07) is 18.1. The summed E-state index contributed by atoms with van der Waals surface area (Å²) in [7, 11) is 0. The molecule has 29 heavy (non-hydrogen) atoms. The van der Waals surface area contributed by atoms with Gasteiger partial charge in [-0.15, -0.1) is 6.58 Å². The molecule has 2 aromatic rings. The van der Waals surface area contributed by atoms with E-state index in [0.717, 1.165) is 31.3 Å². The lowest BCUT2D eigenvalue weighted by Gasteiger charge is -2.28. The molecule has 0 unspecified atom stereocenters. The molecule has 3 rings (SSSR count). The zero-order valence-corrected chi connectivity index (χ0v) is 18.0. The average molecular weight is 389 g/mol. The Balaban J connectivity index is 1.50. The maximum Gasteiger partial charge on any atom is 0.0716 e. The van der Waals surface area contributed by atoms with Crippen molar-refractivity contribution in [3.8, 4) is 11.1 Å². The largest absolute Gasteiger partial charge is 0.377 e. The van der Waals surface area contributed by atoms with E-state index >= 15 is 0 Å². The van der Waals surface area contributed by atoms with Gasteiger partial charge in [0.2, 0.25) is 0 Å². The van der Waals surface area contributed by atoms with Crippen LogP contribution in [0.15, 0.2) is 73.3 Å². The standard InChI is InChI=1S/C28H36O/c1-3-5-7-21-29-22-24-11-15-26(16-12-24)28-19-17-27(18-20-28)25-13-9-23(10-14-25)8-6-4-2/h3-4,6,11-12,15-20,23,25H,1,5,7-10,13-14,21-22H2,2H3/b6-4+. The maximum absolute atomic E-state index is 5.73. The fourth-order valence-corrected chi connectivity index (χ4v) is 4.32. The van der Waals surface area contributed by atoms with Gasteiger partial charge >= 0.3 is 0 Å². The summed E-state index contributed by atoms with van der Waals surface area (Å²) in [5.74, 6) is 1.64. The quantitative estimate of drug-likeness (QED) is 0.295. The van der Waals surface area contributed by atoms with Crippen molar-refractivity contribution in [3.05, 3.63) is 84.5 Å². The molecule has 0 N–H and O–H groups in total. The minimum atomic E-state index is 0.688. The van der Waals surface area contributed by atoms with Crippen molar-refractivity contribution in [2.24, 2.45) is 5.92 Å². The first-order chi connectivity index (χ1) is 14.3. The third-order valence-electron chi connectivity index (χ3n) is 6.19. The van der Waals surface area contributed by atoms with Gasteiger partial charge in [-0.05, 0) is 86.0 Å². The molecule has 2 aromatic carbocycles. The Labute approximate surface area is 177 Å². The average Bonchev–Trinajstić information content (AvgIpc) is 2.78. The monoisotopic (exact) mass is 388 g/mol. The number of allylic oxidation sites excluding steroid dienone is 3. The van der Waals surface area contributed by atoms with Gasteiger partial charge in [0.1, 0.15) is 0 Å². The summed E-state index contributed by atoms with van der Waals surface area (Å²) >= 11 is 0. The zero-order valence-electron chi connectivity index (χ0n) is 18.0. The Bertz CT molecular complexity index is 746. The van der Waals surface area contributed by atoms with Crippen LogP contribution >= 0.6 is 0 Å². The van der Waals surface area contributed by atoms with Crippen molar-refractivity contribution >= 4 is 0 Å². The molecule has 1 aliphatic carbocycles. The van der Waals surface area contributed by atoms with Gasteiger partial charge in [-0.3, -0.25) is 0 Å². The highest BCUT2D eigenvalue weighted by atomic mass is 16.5. The first-order valence-corrected chi connectivity index (χ1v) is 11.3. The van der Waals surface area contributed by atoms with Gasteiger partial charge < -0.3 is 4.74 Å². The third-order valence-corrected chi connectivity index (χ3v) is 6.19. The molecule has 0 atom stereocenters. The van der Waals surface area contributed by atoms with E-state index in [9.17, 15) is 0 Å². The van der Waals surface area contributed by atoms with E-state index < -0.39 is 0 Å². The molecule has 1 aliphatic rings. The summed E-state index contributed by atoms with van der Waals surface area (Å²) in [5.41, 5.74) is 5.33. The van der Waals surface area contributed by atoms with Crippen molar-refractivity contribution in [3.63, 3.8) is 0 Å². The van der Waals surface area contributed by atoms with Crippen LogP contribution in [0.2, 0.25) is 0 Å². The fourth-order valence-electron chi connectivity index (χ4n) is 4.32. The number of unbranched alkanes of at least 4 members (excludes halogenated alkanes) is 1. The minimum Gasteiger partial charge on any atom is -0.377 e. The van der Waals surface area contributed by atoms with Crippen LogP contribution in [0.3, 0.4) is 0 Å². The zero-order chi connectivity index (χ0) is 20.3. The van der Waals surface area contributed by atoms with Crippen LogP contribution in [0, 0.1) is 5.92 Å². The molecule has 0 bridgehead atoms. The van der Waals surface area contributed by atoms with E-state index in [1.807, 2.05) is 6.08 Å². The normalized spacial score (nSPS) is 19.5. The number of ether oxygens (including phenoxy) is 1.